The van der Waals surface area contributed by atoms with Crippen LogP contribution in [-0.2, 0) is 11.2 Å². The second-order valence-corrected chi connectivity index (χ2v) is 6.34. The monoisotopic (exact) mass is 297 g/mol. The van der Waals surface area contributed by atoms with E-state index in [2.05, 4.69) is 15.3 Å². The summed E-state index contributed by atoms with van der Waals surface area (Å²) in [6, 6.07) is 0.108. The Balaban J connectivity index is 1.94. The fourth-order valence-electron chi connectivity index (χ4n) is 1.54. The SMILES string of the molecule is Cc1cnc(C(C)Nc2nc(CCC(=O)O)cs2)s1. The summed E-state index contributed by atoms with van der Waals surface area (Å²) >= 11 is 3.15. The minimum atomic E-state index is -0.797. The number of hydrogen-bond donors (Lipinski definition) is 2. The van der Waals surface area contributed by atoms with Crippen molar-refractivity contribution in [2.45, 2.75) is 32.7 Å². The molecule has 0 spiro atoms. The second-order valence-electron chi connectivity index (χ2n) is 4.21. The Hall–Kier alpha value is -1.47. The molecule has 0 radical (unpaired) electrons. The molecule has 1 unspecified atom stereocenters. The van der Waals surface area contributed by atoms with Gasteiger partial charge in [-0.05, 0) is 13.8 Å². The van der Waals surface area contributed by atoms with Gasteiger partial charge in [-0.3, -0.25) is 4.79 Å². The number of aromatic nitrogens is 2. The average molecular weight is 297 g/mol. The van der Waals surface area contributed by atoms with Gasteiger partial charge in [0, 0.05) is 22.9 Å². The zero-order valence-corrected chi connectivity index (χ0v) is 12.3. The van der Waals surface area contributed by atoms with Gasteiger partial charge in [-0.15, -0.1) is 22.7 Å². The van der Waals surface area contributed by atoms with Crippen molar-refractivity contribution in [2.75, 3.05) is 5.32 Å². The molecule has 0 aromatic carbocycles. The van der Waals surface area contributed by atoms with Gasteiger partial charge in [0.1, 0.15) is 5.01 Å². The summed E-state index contributed by atoms with van der Waals surface area (Å²) in [5.41, 5.74) is 0.817. The number of aryl methyl sites for hydroxylation is 2. The van der Waals surface area contributed by atoms with Crippen molar-refractivity contribution in [2.24, 2.45) is 0 Å². The van der Waals surface area contributed by atoms with Crippen molar-refractivity contribution in [3.05, 3.63) is 27.2 Å². The summed E-state index contributed by atoms with van der Waals surface area (Å²) in [7, 11) is 0. The molecule has 2 aromatic heterocycles. The van der Waals surface area contributed by atoms with Gasteiger partial charge >= 0.3 is 5.97 Å². The van der Waals surface area contributed by atoms with E-state index in [4.69, 9.17) is 5.11 Å². The van der Waals surface area contributed by atoms with Gasteiger partial charge in [0.25, 0.3) is 0 Å². The Morgan fingerprint density at radius 1 is 1.58 bits per heavy atom. The van der Waals surface area contributed by atoms with Crippen molar-refractivity contribution < 1.29 is 9.90 Å². The first kappa shape index (κ1) is 14.0. The van der Waals surface area contributed by atoms with Gasteiger partial charge in [0.05, 0.1) is 18.2 Å². The summed E-state index contributed by atoms with van der Waals surface area (Å²) in [5.74, 6) is -0.797. The van der Waals surface area contributed by atoms with E-state index in [1.807, 2.05) is 25.4 Å². The predicted molar refractivity (Wildman–Crippen MR) is 77.0 cm³/mol. The number of nitrogens with one attached hydrogen (secondary N) is 1. The lowest BCUT2D eigenvalue weighted by molar-refractivity contribution is -0.136. The Kier molecular flexibility index (Phi) is 4.49. The first-order valence-corrected chi connectivity index (χ1v) is 7.59. The molecule has 2 aromatic rings. The molecule has 7 heteroatoms. The van der Waals surface area contributed by atoms with Crippen LogP contribution < -0.4 is 5.32 Å². The smallest absolute Gasteiger partial charge is 0.303 e. The molecule has 0 saturated carbocycles. The van der Waals surface area contributed by atoms with Crippen molar-refractivity contribution in [1.29, 1.82) is 0 Å². The lowest BCUT2D eigenvalue weighted by Crippen LogP contribution is -2.06. The Morgan fingerprint density at radius 2 is 2.37 bits per heavy atom. The van der Waals surface area contributed by atoms with Crippen molar-refractivity contribution in [1.82, 2.24) is 9.97 Å². The zero-order chi connectivity index (χ0) is 13.8. The third-order valence-corrected chi connectivity index (χ3v) is 4.41. The molecule has 2 heterocycles. The first-order chi connectivity index (χ1) is 9.04. The molecule has 0 aliphatic heterocycles. The topological polar surface area (TPSA) is 75.1 Å². The Bertz CT molecular complexity index is 565. The number of hydrogen-bond acceptors (Lipinski definition) is 6. The summed E-state index contributed by atoms with van der Waals surface area (Å²) in [4.78, 5) is 20.4. The highest BCUT2D eigenvalue weighted by atomic mass is 32.1. The average Bonchev–Trinajstić information content (AvgIpc) is 2.95. The van der Waals surface area contributed by atoms with E-state index >= 15 is 0 Å². The quantitative estimate of drug-likeness (QED) is 0.857. The maximum Gasteiger partial charge on any atom is 0.303 e. The van der Waals surface area contributed by atoms with E-state index in [9.17, 15) is 4.79 Å². The third-order valence-electron chi connectivity index (χ3n) is 2.50. The molecule has 5 nitrogen and oxygen atoms in total. The second kappa shape index (κ2) is 6.12. The van der Waals surface area contributed by atoms with Crippen LogP contribution in [0.3, 0.4) is 0 Å². The van der Waals surface area contributed by atoms with E-state index in [0.717, 1.165) is 15.8 Å². The molecule has 0 bridgehead atoms. The fraction of sp³-hybridized carbons (Fsp3) is 0.417. The van der Waals surface area contributed by atoms with Gasteiger partial charge in [-0.25, -0.2) is 9.97 Å². The van der Waals surface area contributed by atoms with E-state index in [1.165, 1.54) is 16.2 Å². The van der Waals surface area contributed by atoms with Crippen molar-refractivity contribution >= 4 is 33.8 Å². The van der Waals surface area contributed by atoms with Crippen LogP contribution in [0.25, 0.3) is 0 Å². The van der Waals surface area contributed by atoms with Crippen LogP contribution in [0.2, 0.25) is 0 Å². The molecule has 0 saturated heterocycles. The maximum absolute atomic E-state index is 10.5. The van der Waals surface area contributed by atoms with E-state index in [1.54, 1.807) is 11.3 Å². The third kappa shape index (κ3) is 4.00. The van der Waals surface area contributed by atoms with Gasteiger partial charge < -0.3 is 10.4 Å². The number of carbonyl (C=O) groups is 1. The molecule has 1 atom stereocenters. The summed E-state index contributed by atoms with van der Waals surface area (Å²) in [6.07, 6.45) is 2.45. The van der Waals surface area contributed by atoms with Crippen molar-refractivity contribution in [3.63, 3.8) is 0 Å². The number of thiazole rings is 2. The summed E-state index contributed by atoms with van der Waals surface area (Å²) < 4.78 is 0. The number of nitrogens with zero attached hydrogens (tertiary/aromatic N) is 2. The molecule has 0 aliphatic carbocycles. The van der Waals surface area contributed by atoms with E-state index in [-0.39, 0.29) is 12.5 Å². The number of carboxylic acids is 1. The minimum absolute atomic E-state index is 0.108. The first-order valence-electron chi connectivity index (χ1n) is 5.89. The van der Waals surface area contributed by atoms with Crippen LogP contribution in [0.1, 0.15) is 35.0 Å². The lowest BCUT2D eigenvalue weighted by Gasteiger charge is -2.09. The standard InChI is InChI=1S/C12H15N3O2S2/c1-7-5-13-11(19-7)8(2)14-12-15-9(6-18-12)3-4-10(16)17/h5-6,8H,3-4H2,1-2H3,(H,14,15)(H,16,17). The minimum Gasteiger partial charge on any atom is -0.481 e. The molecule has 19 heavy (non-hydrogen) atoms. The van der Waals surface area contributed by atoms with Crippen LogP contribution in [0.15, 0.2) is 11.6 Å². The highest BCUT2D eigenvalue weighted by molar-refractivity contribution is 7.13. The molecule has 102 valence electrons. The summed E-state index contributed by atoms with van der Waals surface area (Å²) in [5, 5.41) is 15.6. The molecular weight excluding hydrogens is 282 g/mol. The highest BCUT2D eigenvalue weighted by Gasteiger charge is 2.11. The molecule has 0 fully saturated rings. The molecule has 2 rings (SSSR count). The van der Waals surface area contributed by atoms with Gasteiger partial charge in [0.15, 0.2) is 5.13 Å². The largest absolute Gasteiger partial charge is 0.481 e. The van der Waals surface area contributed by atoms with Crippen LogP contribution >= 0.6 is 22.7 Å². The molecule has 2 N–H and O–H groups in total. The number of anilines is 1. The normalized spacial score (nSPS) is 12.3. The number of aliphatic carboxylic acids is 1. The number of rotatable bonds is 6. The fourth-order valence-corrected chi connectivity index (χ4v) is 3.15. The van der Waals surface area contributed by atoms with Gasteiger partial charge in [0.2, 0.25) is 0 Å². The van der Waals surface area contributed by atoms with Crippen LogP contribution in [0.4, 0.5) is 5.13 Å². The Labute approximate surface area is 119 Å². The lowest BCUT2D eigenvalue weighted by atomic mass is 10.2. The zero-order valence-electron chi connectivity index (χ0n) is 10.7. The van der Waals surface area contributed by atoms with Gasteiger partial charge in [-0.1, -0.05) is 0 Å². The van der Waals surface area contributed by atoms with Crippen LogP contribution in [0, 0.1) is 6.92 Å². The van der Waals surface area contributed by atoms with Crippen LogP contribution in [0.5, 0.6) is 0 Å². The van der Waals surface area contributed by atoms with E-state index in [0.29, 0.717) is 6.42 Å². The molecule has 0 aliphatic rings. The van der Waals surface area contributed by atoms with Crippen molar-refractivity contribution in [3.8, 4) is 0 Å². The van der Waals surface area contributed by atoms with Crippen LogP contribution in [-0.4, -0.2) is 21.0 Å². The van der Waals surface area contributed by atoms with Gasteiger partial charge in [-0.2, -0.15) is 0 Å². The highest BCUT2D eigenvalue weighted by Crippen LogP contribution is 2.25. The Morgan fingerprint density at radius 3 is 3.00 bits per heavy atom. The predicted octanol–water partition coefficient (Wildman–Crippen LogP) is 3.10. The molecular formula is C12H15N3O2S2. The van der Waals surface area contributed by atoms with E-state index < -0.39 is 5.97 Å². The molecule has 0 amide bonds. The maximum atomic E-state index is 10.5. The number of carboxylic acid groups (broad SMARTS) is 1. The summed E-state index contributed by atoms with van der Waals surface area (Å²) in [6.45, 7) is 4.07.